The molecule has 0 aliphatic rings. The molecule has 1 atom stereocenters. The van der Waals surface area contributed by atoms with Gasteiger partial charge in [-0.3, -0.25) is 9.48 Å². The van der Waals surface area contributed by atoms with Crippen molar-refractivity contribution in [2.75, 3.05) is 6.54 Å². The van der Waals surface area contributed by atoms with Crippen LogP contribution in [0.15, 0.2) is 23.7 Å². The van der Waals surface area contributed by atoms with Crippen molar-refractivity contribution in [3.05, 3.63) is 39.8 Å². The molecule has 0 aliphatic heterocycles. The van der Waals surface area contributed by atoms with Crippen molar-refractivity contribution >= 4 is 17.2 Å². The highest BCUT2D eigenvalue weighted by atomic mass is 32.1. The third kappa shape index (κ3) is 3.08. The summed E-state index contributed by atoms with van der Waals surface area (Å²) in [7, 11) is 1.79. The number of nitrogens with one attached hydrogen (secondary N) is 1. The van der Waals surface area contributed by atoms with Crippen LogP contribution in [-0.4, -0.2) is 27.3 Å². The zero-order chi connectivity index (χ0) is 14.8. The Bertz CT molecular complexity index is 588. The van der Waals surface area contributed by atoms with E-state index in [1.54, 1.807) is 24.9 Å². The largest absolute Gasteiger partial charge is 0.383 e. The first kappa shape index (κ1) is 14.7. The van der Waals surface area contributed by atoms with Crippen LogP contribution in [0.5, 0.6) is 0 Å². The second-order valence-corrected chi connectivity index (χ2v) is 5.90. The van der Waals surface area contributed by atoms with E-state index >= 15 is 0 Å². The van der Waals surface area contributed by atoms with E-state index in [1.807, 2.05) is 24.4 Å². The molecule has 2 aromatic rings. The number of rotatable bonds is 5. The lowest BCUT2D eigenvalue weighted by molar-refractivity contribution is 0.0556. The van der Waals surface area contributed by atoms with E-state index in [2.05, 4.69) is 10.4 Å². The fraction of sp³-hybridized carbons (Fsp3) is 0.429. The monoisotopic (exact) mass is 293 g/mol. The number of aromatic nitrogens is 2. The van der Waals surface area contributed by atoms with Crippen LogP contribution in [0.2, 0.25) is 0 Å². The van der Waals surface area contributed by atoms with Gasteiger partial charge < -0.3 is 10.4 Å². The van der Waals surface area contributed by atoms with Crippen molar-refractivity contribution in [1.82, 2.24) is 15.1 Å². The normalized spacial score (nSPS) is 14.0. The number of hydrogen-bond donors (Lipinski definition) is 2. The molecule has 1 amide bonds. The summed E-state index contributed by atoms with van der Waals surface area (Å²) in [6.07, 6.45) is 2.40. The Morgan fingerprint density at radius 3 is 2.95 bits per heavy atom. The van der Waals surface area contributed by atoms with E-state index in [4.69, 9.17) is 0 Å². The second kappa shape index (κ2) is 5.76. The van der Waals surface area contributed by atoms with E-state index in [1.165, 1.54) is 11.3 Å². The van der Waals surface area contributed by atoms with E-state index in [9.17, 15) is 9.90 Å². The van der Waals surface area contributed by atoms with Gasteiger partial charge in [0.15, 0.2) is 0 Å². The lowest BCUT2D eigenvalue weighted by Crippen LogP contribution is -2.38. The molecule has 0 spiro atoms. The predicted molar refractivity (Wildman–Crippen MR) is 78.8 cm³/mol. The quantitative estimate of drug-likeness (QED) is 0.881. The van der Waals surface area contributed by atoms with E-state index in [0.29, 0.717) is 12.0 Å². The first-order chi connectivity index (χ1) is 9.44. The molecule has 108 valence electrons. The van der Waals surface area contributed by atoms with E-state index < -0.39 is 5.60 Å². The molecule has 6 heteroatoms. The van der Waals surface area contributed by atoms with Gasteiger partial charge in [-0.2, -0.15) is 5.10 Å². The predicted octanol–water partition coefficient (Wildman–Crippen LogP) is 1.68. The molecule has 0 aromatic carbocycles. The van der Waals surface area contributed by atoms with Gasteiger partial charge in [0, 0.05) is 18.1 Å². The SMILES string of the molecule is CCc1nn(C)cc1C(=O)NCC(C)(O)c1cccs1. The molecule has 0 radical (unpaired) electrons. The Hall–Kier alpha value is -1.66. The average molecular weight is 293 g/mol. The van der Waals surface area contributed by atoms with Crippen molar-refractivity contribution in [2.24, 2.45) is 7.05 Å². The van der Waals surface area contributed by atoms with Crippen LogP contribution >= 0.6 is 11.3 Å². The Morgan fingerprint density at radius 2 is 2.35 bits per heavy atom. The smallest absolute Gasteiger partial charge is 0.254 e. The van der Waals surface area contributed by atoms with Gasteiger partial charge in [-0.05, 0) is 24.8 Å². The van der Waals surface area contributed by atoms with Gasteiger partial charge in [-0.25, -0.2) is 0 Å². The molecule has 2 aromatic heterocycles. The maximum absolute atomic E-state index is 12.2. The molecule has 5 nitrogen and oxygen atoms in total. The van der Waals surface area contributed by atoms with Crippen LogP contribution in [-0.2, 0) is 19.1 Å². The average Bonchev–Trinajstić information content (AvgIpc) is 3.05. The molecule has 2 heterocycles. The first-order valence-corrected chi connectivity index (χ1v) is 7.39. The molecule has 0 saturated carbocycles. The van der Waals surface area contributed by atoms with Gasteiger partial charge in [-0.15, -0.1) is 11.3 Å². The van der Waals surface area contributed by atoms with Gasteiger partial charge in [0.2, 0.25) is 0 Å². The summed E-state index contributed by atoms with van der Waals surface area (Å²) < 4.78 is 1.63. The zero-order valence-electron chi connectivity index (χ0n) is 11.9. The highest BCUT2D eigenvalue weighted by Gasteiger charge is 2.25. The van der Waals surface area contributed by atoms with Crippen molar-refractivity contribution in [3.8, 4) is 0 Å². The van der Waals surface area contributed by atoms with Crippen molar-refractivity contribution in [2.45, 2.75) is 25.9 Å². The van der Waals surface area contributed by atoms with Crippen LogP contribution in [0.3, 0.4) is 0 Å². The summed E-state index contributed by atoms with van der Waals surface area (Å²) in [6, 6.07) is 3.74. The molecule has 0 saturated heterocycles. The molecule has 20 heavy (non-hydrogen) atoms. The minimum atomic E-state index is -1.06. The lowest BCUT2D eigenvalue weighted by Gasteiger charge is -2.22. The highest BCUT2D eigenvalue weighted by Crippen LogP contribution is 2.24. The maximum atomic E-state index is 12.2. The van der Waals surface area contributed by atoms with Crippen molar-refractivity contribution < 1.29 is 9.90 Å². The number of nitrogens with zero attached hydrogens (tertiary/aromatic N) is 2. The second-order valence-electron chi connectivity index (χ2n) is 4.95. The van der Waals surface area contributed by atoms with Crippen molar-refractivity contribution in [1.29, 1.82) is 0 Å². The topological polar surface area (TPSA) is 67.2 Å². The van der Waals surface area contributed by atoms with Gasteiger partial charge in [0.1, 0.15) is 5.60 Å². The molecular formula is C14H19N3O2S. The van der Waals surface area contributed by atoms with Crippen LogP contribution in [0.4, 0.5) is 0 Å². The number of carbonyl (C=O) groups excluding carboxylic acids is 1. The molecular weight excluding hydrogens is 274 g/mol. The van der Waals surface area contributed by atoms with Gasteiger partial charge in [0.05, 0.1) is 17.8 Å². The van der Waals surface area contributed by atoms with Crippen LogP contribution in [0.1, 0.15) is 34.8 Å². The minimum absolute atomic E-state index is 0.171. The summed E-state index contributed by atoms with van der Waals surface area (Å²) in [4.78, 5) is 13.0. The van der Waals surface area contributed by atoms with Crippen molar-refractivity contribution in [3.63, 3.8) is 0 Å². The number of thiophene rings is 1. The summed E-state index contributed by atoms with van der Waals surface area (Å²) in [5.74, 6) is -0.202. The minimum Gasteiger partial charge on any atom is -0.383 e. The summed E-state index contributed by atoms with van der Waals surface area (Å²) >= 11 is 1.47. The number of aliphatic hydroxyl groups is 1. The molecule has 2 rings (SSSR count). The fourth-order valence-corrected chi connectivity index (χ4v) is 2.79. The molecule has 2 N–H and O–H groups in total. The standard InChI is InChI=1S/C14H19N3O2S/c1-4-11-10(8-17(3)16-11)13(18)15-9-14(2,19)12-6-5-7-20-12/h5-8,19H,4,9H2,1-3H3,(H,15,18). The molecule has 1 unspecified atom stereocenters. The third-order valence-corrected chi connectivity index (χ3v) is 4.25. The van der Waals surface area contributed by atoms with Gasteiger partial charge in [-0.1, -0.05) is 13.0 Å². The van der Waals surface area contributed by atoms with Crippen LogP contribution in [0.25, 0.3) is 0 Å². The zero-order valence-corrected chi connectivity index (χ0v) is 12.7. The Kier molecular flexibility index (Phi) is 4.25. The van der Waals surface area contributed by atoms with Crippen LogP contribution < -0.4 is 5.32 Å². The highest BCUT2D eigenvalue weighted by molar-refractivity contribution is 7.10. The molecule has 0 bridgehead atoms. The summed E-state index contributed by atoms with van der Waals surface area (Å²) in [5, 5.41) is 19.3. The first-order valence-electron chi connectivity index (χ1n) is 6.51. The number of hydrogen-bond acceptors (Lipinski definition) is 4. The van der Waals surface area contributed by atoms with Crippen LogP contribution in [0, 0.1) is 0 Å². The van der Waals surface area contributed by atoms with E-state index in [-0.39, 0.29) is 12.5 Å². The third-order valence-electron chi connectivity index (χ3n) is 3.13. The summed E-state index contributed by atoms with van der Waals surface area (Å²) in [6.45, 7) is 3.83. The fourth-order valence-electron chi connectivity index (χ4n) is 2.01. The Balaban J connectivity index is 2.05. The number of amides is 1. The number of aryl methyl sites for hydroxylation is 2. The molecule has 0 fully saturated rings. The lowest BCUT2D eigenvalue weighted by atomic mass is 10.0. The van der Waals surface area contributed by atoms with E-state index in [0.717, 1.165) is 10.6 Å². The summed E-state index contributed by atoms with van der Waals surface area (Å²) in [5.41, 5.74) is 0.274. The van der Waals surface area contributed by atoms with Gasteiger partial charge in [0.25, 0.3) is 5.91 Å². The molecule has 0 aliphatic carbocycles. The number of carbonyl (C=O) groups is 1. The Labute approximate surface area is 122 Å². The van der Waals surface area contributed by atoms with Gasteiger partial charge >= 0.3 is 0 Å². The Morgan fingerprint density at radius 1 is 1.60 bits per heavy atom. The maximum Gasteiger partial charge on any atom is 0.254 e.